The van der Waals surface area contributed by atoms with Gasteiger partial charge in [-0.2, -0.15) is 5.26 Å². The molecule has 0 saturated heterocycles. The van der Waals surface area contributed by atoms with Gasteiger partial charge in [-0.15, -0.1) is 0 Å². The van der Waals surface area contributed by atoms with Gasteiger partial charge in [-0.05, 0) is 31.5 Å². The van der Waals surface area contributed by atoms with Gasteiger partial charge in [-0.3, -0.25) is 14.5 Å². The molecule has 0 saturated carbocycles. The van der Waals surface area contributed by atoms with Crippen LogP contribution < -0.4 is 5.32 Å². The maximum absolute atomic E-state index is 12.1. The van der Waals surface area contributed by atoms with E-state index in [4.69, 9.17) is 14.3 Å². The van der Waals surface area contributed by atoms with Crippen molar-refractivity contribution in [1.29, 1.82) is 5.26 Å². The first-order valence-electron chi connectivity index (χ1n) is 10.4. The highest BCUT2D eigenvalue weighted by atomic mass is 16.5. The lowest BCUT2D eigenvalue weighted by Gasteiger charge is -2.20. The van der Waals surface area contributed by atoms with Gasteiger partial charge >= 0.3 is 0 Å². The number of benzene rings is 1. The number of para-hydroxylation sites is 2. The number of carbonyl (C=O) groups is 2. The lowest BCUT2D eigenvalue weighted by molar-refractivity contribution is -0.149. The van der Waals surface area contributed by atoms with E-state index in [9.17, 15) is 14.9 Å². The average molecular weight is 452 g/mol. The molecule has 33 heavy (non-hydrogen) atoms. The molecule has 0 bridgehead atoms. The zero-order valence-corrected chi connectivity index (χ0v) is 18.1. The van der Waals surface area contributed by atoms with Gasteiger partial charge in [0.15, 0.2) is 11.5 Å². The van der Waals surface area contributed by atoms with Crippen LogP contribution in [0.2, 0.25) is 0 Å². The molecule has 0 aliphatic rings. The quantitative estimate of drug-likeness (QED) is 0.409. The topological polar surface area (TPSA) is 154 Å². The van der Waals surface area contributed by atoms with Crippen LogP contribution in [0, 0.1) is 11.3 Å². The normalized spacial score (nSPS) is 11.7. The lowest BCUT2D eigenvalue weighted by atomic mass is 10.1. The Labute approximate surface area is 190 Å². The summed E-state index contributed by atoms with van der Waals surface area (Å²) in [6.45, 7) is 1.54. The van der Waals surface area contributed by atoms with Gasteiger partial charge in [-0.25, -0.2) is 15.0 Å². The molecule has 1 unspecified atom stereocenters. The molecule has 0 aliphatic heterocycles. The Morgan fingerprint density at radius 1 is 1.27 bits per heavy atom. The molecule has 0 aliphatic carbocycles. The first kappa shape index (κ1) is 23.8. The molecular formula is C22H24N6O5. The van der Waals surface area contributed by atoms with Gasteiger partial charge in [0.2, 0.25) is 11.8 Å². The van der Waals surface area contributed by atoms with Crippen molar-refractivity contribution in [2.75, 3.05) is 38.2 Å². The number of anilines is 1. The number of imide groups is 1. The first-order chi connectivity index (χ1) is 16.1. The third-order valence-corrected chi connectivity index (χ3v) is 4.67. The minimum Gasteiger partial charge on any atom is -0.439 e. The lowest BCUT2D eigenvalue weighted by Crippen LogP contribution is -2.42. The number of amides is 2. The summed E-state index contributed by atoms with van der Waals surface area (Å²) in [5, 5.41) is 21.8. The number of nitrogens with zero attached hydrogens (tertiary/aromatic N) is 5. The number of nitriles is 1. The number of ether oxygens (including phenoxy) is 1. The molecule has 2 aromatic heterocycles. The number of carbonyl (C=O) groups excluding carboxylic acids is 2. The van der Waals surface area contributed by atoms with Gasteiger partial charge in [-0.1, -0.05) is 12.1 Å². The monoisotopic (exact) mass is 452 g/mol. The van der Waals surface area contributed by atoms with Crippen molar-refractivity contribution in [3.63, 3.8) is 0 Å². The third-order valence-electron chi connectivity index (χ3n) is 4.67. The molecule has 3 rings (SSSR count). The second kappa shape index (κ2) is 11.7. The average Bonchev–Trinajstić information content (AvgIpc) is 3.26. The summed E-state index contributed by atoms with van der Waals surface area (Å²) in [7, 11) is 0. The van der Waals surface area contributed by atoms with Gasteiger partial charge in [0.25, 0.3) is 11.8 Å². The van der Waals surface area contributed by atoms with Crippen LogP contribution in [0.3, 0.4) is 0 Å². The molecule has 1 atom stereocenters. The van der Waals surface area contributed by atoms with E-state index in [0.29, 0.717) is 36.4 Å². The number of oxazole rings is 1. The number of hydrogen-bond donors (Lipinski definition) is 2. The maximum Gasteiger partial charge on any atom is 0.255 e. The minimum atomic E-state index is -0.810. The van der Waals surface area contributed by atoms with Crippen LogP contribution in [-0.2, 0) is 14.3 Å². The molecule has 2 heterocycles. The van der Waals surface area contributed by atoms with Crippen LogP contribution in [0.1, 0.15) is 30.8 Å². The molecular weight excluding hydrogens is 428 g/mol. The molecule has 0 radical (unpaired) electrons. The van der Waals surface area contributed by atoms with E-state index in [-0.39, 0.29) is 25.0 Å². The van der Waals surface area contributed by atoms with E-state index >= 15 is 0 Å². The molecule has 172 valence electrons. The Bertz CT molecular complexity index is 1110. The predicted molar refractivity (Wildman–Crippen MR) is 117 cm³/mol. The molecule has 1 aromatic carbocycles. The van der Waals surface area contributed by atoms with Gasteiger partial charge in [0.1, 0.15) is 18.7 Å². The summed E-state index contributed by atoms with van der Waals surface area (Å²) in [5.74, 6) is -1.48. The number of aromatic nitrogens is 3. The van der Waals surface area contributed by atoms with Crippen molar-refractivity contribution >= 4 is 28.9 Å². The summed E-state index contributed by atoms with van der Waals surface area (Å²) >= 11 is 0. The molecule has 2 amide bonds. The van der Waals surface area contributed by atoms with E-state index in [1.54, 1.807) is 25.1 Å². The fourth-order valence-electron chi connectivity index (χ4n) is 3.06. The van der Waals surface area contributed by atoms with E-state index in [1.807, 2.05) is 12.1 Å². The summed E-state index contributed by atoms with van der Waals surface area (Å²) < 4.78 is 10.8. The largest absolute Gasteiger partial charge is 0.439 e. The van der Waals surface area contributed by atoms with Crippen LogP contribution in [-0.4, -0.2) is 69.7 Å². The highest BCUT2D eigenvalue weighted by Gasteiger charge is 2.22. The van der Waals surface area contributed by atoms with Crippen LogP contribution in [0.5, 0.6) is 0 Å². The molecule has 2 N–H and O–H groups in total. The van der Waals surface area contributed by atoms with Crippen LogP contribution in [0.4, 0.5) is 5.95 Å². The standard InChI is InChI=1S/C22H24N6O5/c1-2-32-14-20(31)28(19(30)13-29)11-5-9-24-22-25-10-8-16(27-22)15(12-23)21-26-17-6-3-4-7-18(17)33-21/h3-4,6-8,10,15,29H,2,5,9,11,13-14H2,1H3,(H,24,25,27). The Balaban J connectivity index is 1.61. The Hall–Kier alpha value is -3.88. The van der Waals surface area contributed by atoms with Crippen molar-refractivity contribution in [3.05, 3.63) is 48.1 Å². The number of nitrogens with one attached hydrogen (secondary N) is 1. The maximum atomic E-state index is 12.1. The van der Waals surface area contributed by atoms with Crippen molar-refractivity contribution < 1.29 is 23.8 Å². The Morgan fingerprint density at radius 3 is 2.82 bits per heavy atom. The Kier molecular flexibility index (Phi) is 8.40. The highest BCUT2D eigenvalue weighted by molar-refractivity contribution is 5.96. The van der Waals surface area contributed by atoms with Crippen molar-refractivity contribution in [2.45, 2.75) is 19.3 Å². The summed E-state index contributed by atoms with van der Waals surface area (Å²) in [6, 6.07) is 11.0. The molecule has 0 spiro atoms. The molecule has 3 aromatic rings. The number of fused-ring (bicyclic) bond motifs is 1. The van der Waals surface area contributed by atoms with Crippen molar-refractivity contribution in [1.82, 2.24) is 19.9 Å². The smallest absolute Gasteiger partial charge is 0.255 e. The SMILES string of the molecule is CCOCC(=O)N(CCCNc1nccc(C(C#N)c2nc3ccccc3o2)n1)C(=O)CO. The van der Waals surface area contributed by atoms with Gasteiger partial charge in [0, 0.05) is 25.9 Å². The van der Waals surface area contributed by atoms with E-state index in [0.717, 1.165) is 4.90 Å². The number of rotatable bonds is 11. The Morgan fingerprint density at radius 2 is 2.09 bits per heavy atom. The van der Waals surface area contributed by atoms with Crippen molar-refractivity contribution in [3.8, 4) is 6.07 Å². The van der Waals surface area contributed by atoms with Gasteiger partial charge < -0.3 is 19.6 Å². The summed E-state index contributed by atoms with van der Waals surface area (Å²) in [5.41, 5.74) is 1.66. The van der Waals surface area contributed by atoms with Crippen LogP contribution in [0.25, 0.3) is 11.1 Å². The number of aliphatic hydroxyl groups excluding tert-OH is 1. The van der Waals surface area contributed by atoms with Crippen LogP contribution in [0.15, 0.2) is 40.9 Å². The van der Waals surface area contributed by atoms with E-state index in [1.165, 1.54) is 6.20 Å². The fourth-order valence-corrected chi connectivity index (χ4v) is 3.06. The van der Waals surface area contributed by atoms with E-state index < -0.39 is 24.3 Å². The van der Waals surface area contributed by atoms with Crippen molar-refractivity contribution in [2.24, 2.45) is 0 Å². The van der Waals surface area contributed by atoms with E-state index in [2.05, 4.69) is 26.3 Å². The molecule has 11 heteroatoms. The van der Waals surface area contributed by atoms with Crippen LogP contribution >= 0.6 is 0 Å². The highest BCUT2D eigenvalue weighted by Crippen LogP contribution is 2.26. The number of hydrogen-bond acceptors (Lipinski definition) is 10. The zero-order valence-electron chi connectivity index (χ0n) is 18.1. The molecule has 11 nitrogen and oxygen atoms in total. The van der Waals surface area contributed by atoms with Gasteiger partial charge in [0.05, 0.1) is 11.8 Å². The summed E-state index contributed by atoms with van der Waals surface area (Å²) in [6.07, 6.45) is 1.91. The number of aliphatic hydroxyl groups is 1. The fraction of sp³-hybridized carbons (Fsp3) is 0.364. The minimum absolute atomic E-state index is 0.0989. The second-order valence-corrected chi connectivity index (χ2v) is 6.90. The third kappa shape index (κ3) is 6.09. The second-order valence-electron chi connectivity index (χ2n) is 6.90. The zero-order chi connectivity index (χ0) is 23.6. The first-order valence-corrected chi connectivity index (χ1v) is 10.4. The molecule has 0 fully saturated rings. The predicted octanol–water partition coefficient (Wildman–Crippen LogP) is 1.46. The summed E-state index contributed by atoms with van der Waals surface area (Å²) in [4.78, 5) is 37.8.